The Hall–Kier alpha value is -3.50. The first-order valence-electron chi connectivity index (χ1n) is 13.8. The van der Waals surface area contributed by atoms with Crippen molar-refractivity contribution in [3.8, 4) is 17.2 Å². The van der Waals surface area contributed by atoms with Crippen molar-refractivity contribution in [2.24, 2.45) is 5.92 Å². The first-order chi connectivity index (χ1) is 19.4. The molecule has 0 aromatic heterocycles. The number of rotatable bonds is 6. The average molecular weight is 571 g/mol. The largest absolute Gasteiger partial charge is 0.573 e. The van der Waals surface area contributed by atoms with Crippen molar-refractivity contribution < 1.29 is 37.7 Å². The van der Waals surface area contributed by atoms with Gasteiger partial charge in [0.25, 0.3) is 0 Å². The summed E-state index contributed by atoms with van der Waals surface area (Å²) in [4.78, 5) is 17.4. The molecule has 7 nitrogen and oxygen atoms in total. The molecule has 218 valence electrons. The topological polar surface area (TPSA) is 82.5 Å². The number of aromatic hydroxyl groups is 1. The molecular weight excluding hydrogens is 537 g/mol. The van der Waals surface area contributed by atoms with Crippen LogP contribution in [0.15, 0.2) is 55.1 Å². The molecule has 2 aliphatic heterocycles. The number of piperidine rings is 1. The predicted octanol–water partition coefficient (Wildman–Crippen LogP) is 4.42. The van der Waals surface area contributed by atoms with Crippen LogP contribution < -0.4 is 9.47 Å². The maximum atomic E-state index is 13.5. The Kier molecular flexibility index (Phi) is 6.42. The van der Waals surface area contributed by atoms with Gasteiger partial charge in [0, 0.05) is 31.3 Å². The Morgan fingerprint density at radius 2 is 2.10 bits per heavy atom. The van der Waals surface area contributed by atoms with E-state index in [-0.39, 0.29) is 29.4 Å². The highest BCUT2D eigenvalue weighted by molar-refractivity contribution is 5.92. The Morgan fingerprint density at radius 3 is 2.83 bits per heavy atom. The molecule has 10 heteroatoms. The number of benzene rings is 2. The standard InChI is InChI=1S/C31H33F3N2O5/c1-4-13-36-14-12-29-25-20-9-10-22(37)27(25)40-28(29)26(18(2)17-30(29,39)23(36)16-20)35(3)24(38)11-8-19-6-5-7-21(15-19)41-31(32,33)34/h4-11,15,18,23,26,28,37,39H,1,12-14,16-17H2,2-3H3/t18-,23-,26-,28+,29+,30-/m1/s1. The lowest BCUT2D eigenvalue weighted by molar-refractivity contribution is -0.274. The molecule has 1 spiro atoms. The molecule has 4 aliphatic rings. The molecular formula is C31H33F3N2O5. The molecule has 1 amide bonds. The zero-order valence-electron chi connectivity index (χ0n) is 22.9. The molecule has 2 aromatic rings. The van der Waals surface area contributed by atoms with Gasteiger partial charge >= 0.3 is 6.36 Å². The summed E-state index contributed by atoms with van der Waals surface area (Å²) in [6, 6.07) is 8.34. The second-order valence-corrected chi connectivity index (χ2v) is 11.7. The van der Waals surface area contributed by atoms with E-state index in [1.165, 1.54) is 30.4 Å². The van der Waals surface area contributed by atoms with Gasteiger partial charge in [-0.05, 0) is 67.1 Å². The van der Waals surface area contributed by atoms with Crippen LogP contribution >= 0.6 is 0 Å². The van der Waals surface area contributed by atoms with Crippen LogP contribution in [0, 0.1) is 5.92 Å². The second-order valence-electron chi connectivity index (χ2n) is 11.7. The molecule has 2 aliphatic carbocycles. The van der Waals surface area contributed by atoms with Gasteiger partial charge in [0.1, 0.15) is 11.9 Å². The van der Waals surface area contributed by atoms with E-state index in [1.54, 1.807) is 24.1 Å². The fraction of sp³-hybridized carbons (Fsp3) is 0.452. The first kappa shape index (κ1) is 27.7. The summed E-state index contributed by atoms with van der Waals surface area (Å²) in [6.07, 6.45) is 0.846. The van der Waals surface area contributed by atoms with Crippen molar-refractivity contribution >= 4 is 12.0 Å². The first-order valence-corrected chi connectivity index (χ1v) is 13.8. The van der Waals surface area contributed by atoms with Crippen LogP contribution in [0.4, 0.5) is 13.2 Å². The quantitative estimate of drug-likeness (QED) is 0.396. The second kappa shape index (κ2) is 9.52. The molecule has 2 N–H and O–H groups in total. The van der Waals surface area contributed by atoms with Crippen molar-refractivity contribution in [3.05, 3.63) is 71.8 Å². The van der Waals surface area contributed by atoms with Crippen molar-refractivity contribution in [1.82, 2.24) is 9.80 Å². The average Bonchev–Trinajstić information content (AvgIpc) is 3.24. The third-order valence-electron chi connectivity index (χ3n) is 9.57. The Labute approximate surface area is 236 Å². The van der Waals surface area contributed by atoms with Crippen LogP contribution in [-0.2, 0) is 16.6 Å². The number of likely N-dealkylation sites (N-methyl/N-ethyl adjacent to an activating group) is 1. The molecule has 2 aromatic carbocycles. The number of aliphatic hydroxyl groups is 1. The summed E-state index contributed by atoms with van der Waals surface area (Å²) in [6.45, 7) is 7.26. The number of carbonyl (C=O) groups is 1. The van der Waals surface area contributed by atoms with Gasteiger partial charge in [0.15, 0.2) is 11.5 Å². The predicted molar refractivity (Wildman–Crippen MR) is 146 cm³/mol. The summed E-state index contributed by atoms with van der Waals surface area (Å²) >= 11 is 0. The van der Waals surface area contributed by atoms with Gasteiger partial charge in [-0.25, -0.2) is 0 Å². The lowest BCUT2D eigenvalue weighted by Crippen LogP contribution is -2.79. The number of nitrogens with zero attached hydrogens (tertiary/aromatic N) is 2. The van der Waals surface area contributed by atoms with Crippen molar-refractivity contribution in [2.75, 3.05) is 20.1 Å². The SMILES string of the molecule is C=CCN1CC[C@]23c4c5ccc(O)c4O[C@H]2[C@H](N(C)C(=O)C=Cc2cccc(OC(F)(F)F)c2)[C@H](C)C[C@@]3(O)[C@H]1C5. The summed E-state index contributed by atoms with van der Waals surface area (Å²) in [5.74, 6) is -0.483. The molecule has 41 heavy (non-hydrogen) atoms. The Morgan fingerprint density at radius 1 is 1.32 bits per heavy atom. The van der Waals surface area contributed by atoms with E-state index in [0.717, 1.165) is 11.1 Å². The van der Waals surface area contributed by atoms with E-state index in [0.29, 0.717) is 43.7 Å². The van der Waals surface area contributed by atoms with Crippen molar-refractivity contribution in [1.29, 1.82) is 0 Å². The monoisotopic (exact) mass is 570 g/mol. The summed E-state index contributed by atoms with van der Waals surface area (Å²) in [5.41, 5.74) is 0.318. The molecule has 0 radical (unpaired) electrons. The van der Waals surface area contributed by atoms with E-state index in [1.807, 2.05) is 19.1 Å². The van der Waals surface area contributed by atoms with Gasteiger partial charge in [0.2, 0.25) is 5.91 Å². The molecule has 1 saturated heterocycles. The van der Waals surface area contributed by atoms with Crippen LogP contribution in [0.2, 0.25) is 0 Å². The van der Waals surface area contributed by atoms with E-state index in [4.69, 9.17) is 4.74 Å². The summed E-state index contributed by atoms with van der Waals surface area (Å²) in [5, 5.41) is 23.4. The number of carbonyl (C=O) groups excluding carboxylic acids is 1. The number of amides is 1. The van der Waals surface area contributed by atoms with Crippen LogP contribution in [0.1, 0.15) is 36.5 Å². The van der Waals surface area contributed by atoms with Crippen molar-refractivity contribution in [3.63, 3.8) is 0 Å². The Balaban J connectivity index is 1.34. The van der Waals surface area contributed by atoms with E-state index >= 15 is 0 Å². The molecule has 2 fully saturated rings. The Bertz CT molecular complexity index is 1430. The van der Waals surface area contributed by atoms with E-state index < -0.39 is 29.5 Å². The third kappa shape index (κ3) is 4.14. The number of alkyl halides is 3. The van der Waals surface area contributed by atoms with E-state index in [2.05, 4.69) is 16.2 Å². The summed E-state index contributed by atoms with van der Waals surface area (Å²) in [7, 11) is 1.68. The maximum Gasteiger partial charge on any atom is 0.573 e. The smallest absolute Gasteiger partial charge is 0.504 e. The van der Waals surface area contributed by atoms with Crippen LogP contribution in [0.3, 0.4) is 0 Å². The molecule has 2 heterocycles. The van der Waals surface area contributed by atoms with Crippen LogP contribution in [0.5, 0.6) is 17.2 Å². The number of likely N-dealkylation sites (tertiary alicyclic amines) is 1. The molecule has 6 rings (SSSR count). The lowest BCUT2D eigenvalue weighted by atomic mass is 9.46. The fourth-order valence-electron chi connectivity index (χ4n) is 8.09. The number of ether oxygens (including phenoxy) is 2. The summed E-state index contributed by atoms with van der Waals surface area (Å²) < 4.78 is 48.5. The highest BCUT2D eigenvalue weighted by Gasteiger charge is 2.74. The van der Waals surface area contributed by atoms with Crippen LogP contribution in [0.25, 0.3) is 6.08 Å². The highest BCUT2D eigenvalue weighted by Crippen LogP contribution is 2.66. The molecule has 6 atom stereocenters. The van der Waals surface area contributed by atoms with Crippen LogP contribution in [-0.4, -0.2) is 76.2 Å². The zero-order chi connectivity index (χ0) is 29.3. The molecule has 1 saturated carbocycles. The zero-order valence-corrected chi connectivity index (χ0v) is 22.9. The van der Waals surface area contributed by atoms with E-state index in [9.17, 15) is 28.2 Å². The highest BCUT2D eigenvalue weighted by atomic mass is 19.4. The van der Waals surface area contributed by atoms with Gasteiger partial charge in [-0.3, -0.25) is 9.69 Å². The minimum Gasteiger partial charge on any atom is -0.504 e. The fourth-order valence-corrected chi connectivity index (χ4v) is 8.09. The van der Waals surface area contributed by atoms with Gasteiger partial charge in [-0.2, -0.15) is 0 Å². The minimum absolute atomic E-state index is 0.0167. The number of phenols is 1. The third-order valence-corrected chi connectivity index (χ3v) is 9.57. The van der Waals surface area contributed by atoms with Gasteiger partial charge in [0.05, 0.1) is 17.1 Å². The van der Waals surface area contributed by atoms with Gasteiger partial charge < -0.3 is 24.6 Å². The van der Waals surface area contributed by atoms with Gasteiger partial charge in [-0.1, -0.05) is 31.2 Å². The number of phenolic OH excluding ortho intramolecular Hbond substituents is 1. The number of hydrogen-bond donors (Lipinski definition) is 2. The maximum absolute atomic E-state index is 13.5. The minimum atomic E-state index is -4.82. The number of halogens is 3. The van der Waals surface area contributed by atoms with Gasteiger partial charge in [-0.15, -0.1) is 19.8 Å². The molecule has 0 unspecified atom stereocenters. The van der Waals surface area contributed by atoms with Crippen molar-refractivity contribution in [2.45, 2.75) is 61.8 Å². The number of hydrogen-bond acceptors (Lipinski definition) is 6. The normalized spacial score (nSPS) is 31.9. The molecule has 2 bridgehead atoms. The lowest BCUT2D eigenvalue weighted by Gasteiger charge is -2.65.